The number of rotatable bonds is 0. The molecule has 0 saturated carbocycles. The zero-order valence-electron chi connectivity index (χ0n) is 6.83. The Morgan fingerprint density at radius 1 is 1.21 bits per heavy atom. The number of hydrogen-bond donors (Lipinski definition) is 0. The lowest BCUT2D eigenvalue weighted by molar-refractivity contribution is 1.05. The van der Waals surface area contributed by atoms with E-state index in [1.807, 2.05) is 6.07 Å². The molecule has 0 aliphatic carbocycles. The van der Waals surface area contributed by atoms with Crippen LogP contribution in [0.4, 0.5) is 0 Å². The molecule has 0 aliphatic heterocycles. The quantitative estimate of drug-likeness (QED) is 0.691. The number of benzene rings is 1. The van der Waals surface area contributed by atoms with Crippen molar-refractivity contribution < 1.29 is 0 Å². The number of nitrogens with zero attached hydrogens (tertiary/aromatic N) is 3. The van der Waals surface area contributed by atoms with Crippen molar-refractivity contribution in [1.29, 1.82) is 5.26 Å². The molecule has 1 aromatic carbocycles. The summed E-state index contributed by atoms with van der Waals surface area (Å²) in [7, 11) is 0. The molecule has 0 bridgehead atoms. The summed E-state index contributed by atoms with van der Waals surface area (Å²) in [4.78, 5) is 0. The third-order valence-electron chi connectivity index (χ3n) is 1.77. The van der Waals surface area contributed by atoms with Gasteiger partial charge in [0.25, 0.3) is 0 Å². The summed E-state index contributed by atoms with van der Waals surface area (Å²) >= 11 is 11.7. The van der Waals surface area contributed by atoms with Crippen LogP contribution in [0, 0.1) is 11.3 Å². The predicted octanol–water partition coefficient (Wildman–Crippen LogP) is 2.81. The maximum absolute atomic E-state index is 8.68. The Balaban J connectivity index is 2.88. The van der Waals surface area contributed by atoms with Gasteiger partial charge in [-0.3, -0.25) is 0 Å². The third-order valence-corrected chi connectivity index (χ3v) is 2.38. The molecule has 0 N–H and O–H groups in total. The first-order valence-corrected chi connectivity index (χ1v) is 4.49. The lowest BCUT2D eigenvalue weighted by Crippen LogP contribution is -1.90. The van der Waals surface area contributed by atoms with Crippen LogP contribution in [0.3, 0.4) is 0 Å². The smallest absolute Gasteiger partial charge is 0.182 e. The molecule has 0 amide bonds. The van der Waals surface area contributed by atoms with Crippen LogP contribution in [-0.2, 0) is 0 Å². The van der Waals surface area contributed by atoms with Gasteiger partial charge in [-0.15, -0.1) is 10.2 Å². The molecule has 0 atom stereocenters. The van der Waals surface area contributed by atoms with Crippen LogP contribution < -0.4 is 0 Å². The maximum Gasteiger partial charge on any atom is 0.182 e. The molecule has 0 aliphatic rings. The van der Waals surface area contributed by atoms with E-state index in [1.54, 1.807) is 18.2 Å². The van der Waals surface area contributed by atoms with Gasteiger partial charge in [-0.2, -0.15) is 5.26 Å². The highest BCUT2D eigenvalue weighted by molar-refractivity contribution is 6.37. The average molecular weight is 224 g/mol. The summed E-state index contributed by atoms with van der Waals surface area (Å²) in [6.07, 6.45) is 0. The summed E-state index contributed by atoms with van der Waals surface area (Å²) in [6.45, 7) is 0. The van der Waals surface area contributed by atoms with Crippen molar-refractivity contribution in [3.8, 4) is 6.07 Å². The van der Waals surface area contributed by atoms with Gasteiger partial charge in [0.1, 0.15) is 6.07 Å². The summed E-state index contributed by atoms with van der Waals surface area (Å²) < 4.78 is 0. The number of aromatic nitrogens is 2. The Morgan fingerprint density at radius 3 is 2.71 bits per heavy atom. The molecule has 2 rings (SSSR count). The molecule has 68 valence electrons. The fraction of sp³-hybridized carbons (Fsp3) is 0. The number of nitriles is 1. The highest BCUT2D eigenvalue weighted by Crippen LogP contribution is 2.26. The summed E-state index contributed by atoms with van der Waals surface area (Å²) in [5, 5.41) is 17.7. The van der Waals surface area contributed by atoms with Gasteiger partial charge in [0.2, 0.25) is 0 Å². The van der Waals surface area contributed by atoms with Crippen molar-refractivity contribution in [2.45, 2.75) is 0 Å². The van der Waals surface area contributed by atoms with Crippen molar-refractivity contribution in [3.63, 3.8) is 0 Å². The summed E-state index contributed by atoms with van der Waals surface area (Å²) in [5.41, 5.74) is 0.736. The van der Waals surface area contributed by atoms with E-state index < -0.39 is 0 Å². The van der Waals surface area contributed by atoms with Gasteiger partial charge in [-0.1, -0.05) is 23.2 Å². The van der Waals surface area contributed by atoms with Crippen molar-refractivity contribution in [3.05, 3.63) is 33.9 Å². The molecular formula is C9H3Cl2N3. The Bertz CT molecular complexity index is 545. The highest BCUT2D eigenvalue weighted by Gasteiger charge is 2.07. The van der Waals surface area contributed by atoms with Gasteiger partial charge in [0.15, 0.2) is 5.69 Å². The van der Waals surface area contributed by atoms with Crippen LogP contribution in [0.5, 0.6) is 0 Å². The van der Waals surface area contributed by atoms with Crippen LogP contribution in [-0.4, -0.2) is 10.2 Å². The zero-order chi connectivity index (χ0) is 10.1. The summed E-state index contributed by atoms with van der Waals surface area (Å²) in [6, 6.07) is 6.92. The van der Waals surface area contributed by atoms with Gasteiger partial charge >= 0.3 is 0 Å². The molecule has 0 radical (unpaired) electrons. The van der Waals surface area contributed by atoms with E-state index in [1.165, 1.54) is 0 Å². The maximum atomic E-state index is 8.68. The number of fused-ring (bicyclic) bond motifs is 1. The molecule has 0 unspecified atom stereocenters. The lowest BCUT2D eigenvalue weighted by atomic mass is 10.2. The number of halogens is 2. The third kappa shape index (κ3) is 1.39. The van der Waals surface area contributed by atoms with Crippen molar-refractivity contribution in [2.24, 2.45) is 0 Å². The zero-order valence-corrected chi connectivity index (χ0v) is 8.34. The first-order chi connectivity index (χ1) is 6.72. The van der Waals surface area contributed by atoms with Crippen LogP contribution in [0.2, 0.25) is 10.0 Å². The molecule has 1 heterocycles. The Morgan fingerprint density at radius 2 is 2.00 bits per heavy atom. The first-order valence-electron chi connectivity index (χ1n) is 3.74. The van der Waals surface area contributed by atoms with E-state index in [2.05, 4.69) is 10.2 Å². The average Bonchev–Trinajstić information content (AvgIpc) is 2.20. The van der Waals surface area contributed by atoms with E-state index in [0.29, 0.717) is 20.9 Å². The molecule has 1 aromatic heterocycles. The van der Waals surface area contributed by atoms with Gasteiger partial charge in [-0.05, 0) is 18.2 Å². The largest absolute Gasteiger partial charge is 0.191 e. The molecule has 5 heteroatoms. The topological polar surface area (TPSA) is 49.6 Å². The van der Waals surface area contributed by atoms with E-state index in [0.717, 1.165) is 0 Å². The second-order valence-corrected chi connectivity index (χ2v) is 3.45. The Labute approximate surface area is 89.9 Å². The van der Waals surface area contributed by atoms with E-state index >= 15 is 0 Å². The normalized spacial score (nSPS) is 10.1. The standard InChI is InChI=1S/C9H3Cl2N3/c10-5-1-2-7-6(3-5)9(11)8(4-12)14-13-7/h1-3H. The molecule has 0 spiro atoms. The molecular weight excluding hydrogens is 221 g/mol. The van der Waals surface area contributed by atoms with Gasteiger partial charge < -0.3 is 0 Å². The molecule has 3 nitrogen and oxygen atoms in total. The number of hydrogen-bond acceptors (Lipinski definition) is 3. The molecule has 2 aromatic rings. The van der Waals surface area contributed by atoms with Crippen LogP contribution in [0.1, 0.15) is 5.69 Å². The SMILES string of the molecule is N#Cc1nnc2ccc(Cl)cc2c1Cl. The van der Waals surface area contributed by atoms with Gasteiger partial charge in [-0.25, -0.2) is 0 Å². The van der Waals surface area contributed by atoms with Gasteiger partial charge in [0, 0.05) is 10.4 Å². The van der Waals surface area contributed by atoms with Crippen molar-refractivity contribution >= 4 is 34.1 Å². The Kier molecular flexibility index (Phi) is 2.24. The second kappa shape index (κ2) is 3.41. The van der Waals surface area contributed by atoms with E-state index in [4.69, 9.17) is 28.5 Å². The molecule has 0 saturated heterocycles. The van der Waals surface area contributed by atoms with Crippen LogP contribution in [0.15, 0.2) is 18.2 Å². The minimum atomic E-state index is 0.112. The molecule has 14 heavy (non-hydrogen) atoms. The van der Waals surface area contributed by atoms with Gasteiger partial charge in [0.05, 0.1) is 10.5 Å². The fourth-order valence-electron chi connectivity index (χ4n) is 1.12. The highest BCUT2D eigenvalue weighted by atomic mass is 35.5. The second-order valence-electron chi connectivity index (χ2n) is 2.64. The predicted molar refractivity (Wildman–Crippen MR) is 54.3 cm³/mol. The minimum absolute atomic E-state index is 0.112. The van der Waals surface area contributed by atoms with Crippen LogP contribution >= 0.6 is 23.2 Å². The summed E-state index contributed by atoms with van der Waals surface area (Å²) in [5.74, 6) is 0. The van der Waals surface area contributed by atoms with Crippen molar-refractivity contribution in [1.82, 2.24) is 10.2 Å². The van der Waals surface area contributed by atoms with E-state index in [-0.39, 0.29) is 5.69 Å². The fourth-order valence-corrected chi connectivity index (χ4v) is 1.52. The Hall–Kier alpha value is -1.37. The van der Waals surface area contributed by atoms with E-state index in [9.17, 15) is 0 Å². The minimum Gasteiger partial charge on any atom is -0.191 e. The first kappa shape index (κ1) is 9.20. The monoisotopic (exact) mass is 223 g/mol. The van der Waals surface area contributed by atoms with Crippen molar-refractivity contribution in [2.75, 3.05) is 0 Å². The molecule has 0 fully saturated rings. The van der Waals surface area contributed by atoms with Crippen LogP contribution in [0.25, 0.3) is 10.9 Å². The lowest BCUT2D eigenvalue weighted by Gasteiger charge is -1.99.